The van der Waals surface area contributed by atoms with Gasteiger partial charge in [0.2, 0.25) is 0 Å². The third-order valence-electron chi connectivity index (χ3n) is 2.76. The SMILES string of the molecule is COc1cc(Cl)c(C(=O)c2c(N)cccc2Cl)cc1Cl. The van der Waals surface area contributed by atoms with E-state index in [2.05, 4.69) is 0 Å². The molecule has 3 nitrogen and oxygen atoms in total. The van der Waals surface area contributed by atoms with E-state index in [-0.39, 0.29) is 37.7 Å². The van der Waals surface area contributed by atoms with Gasteiger partial charge in [0.1, 0.15) is 5.75 Å². The molecule has 0 unspecified atom stereocenters. The molecule has 104 valence electrons. The van der Waals surface area contributed by atoms with E-state index < -0.39 is 0 Å². The quantitative estimate of drug-likeness (QED) is 0.667. The number of carbonyl (C=O) groups is 1. The average molecular weight is 331 g/mol. The number of nitrogens with two attached hydrogens (primary N) is 1. The van der Waals surface area contributed by atoms with E-state index in [1.807, 2.05) is 0 Å². The van der Waals surface area contributed by atoms with Crippen LogP contribution >= 0.6 is 34.8 Å². The van der Waals surface area contributed by atoms with Crippen LogP contribution in [0, 0.1) is 0 Å². The fourth-order valence-corrected chi connectivity index (χ4v) is 2.52. The number of carbonyl (C=O) groups excluding carboxylic acids is 1. The molecule has 0 saturated heterocycles. The summed E-state index contributed by atoms with van der Waals surface area (Å²) < 4.78 is 5.04. The fraction of sp³-hybridized carbons (Fsp3) is 0.0714. The standard InChI is InChI=1S/C14H10Cl3NO2/c1-20-12-6-9(16)7(5-10(12)17)14(19)13-8(15)3-2-4-11(13)18/h2-6H,18H2,1H3. The Balaban J connectivity index is 2.57. The van der Waals surface area contributed by atoms with Crippen LogP contribution in [0.3, 0.4) is 0 Å². The lowest BCUT2D eigenvalue weighted by molar-refractivity contribution is 0.104. The number of methoxy groups -OCH3 is 1. The summed E-state index contributed by atoms with van der Waals surface area (Å²) >= 11 is 18.1. The van der Waals surface area contributed by atoms with Gasteiger partial charge in [0.15, 0.2) is 5.78 Å². The molecule has 0 aliphatic carbocycles. The second kappa shape index (κ2) is 5.92. The zero-order valence-electron chi connectivity index (χ0n) is 10.4. The van der Waals surface area contributed by atoms with Gasteiger partial charge in [-0.2, -0.15) is 0 Å². The summed E-state index contributed by atoms with van der Waals surface area (Å²) in [4.78, 5) is 12.5. The Bertz CT molecular complexity index is 666. The van der Waals surface area contributed by atoms with Crippen molar-refractivity contribution in [1.29, 1.82) is 0 Å². The summed E-state index contributed by atoms with van der Waals surface area (Å²) in [5.41, 5.74) is 6.51. The molecule has 0 fully saturated rings. The number of ether oxygens (including phenoxy) is 1. The maximum absolute atomic E-state index is 12.5. The van der Waals surface area contributed by atoms with Crippen molar-refractivity contribution in [3.05, 3.63) is 56.5 Å². The largest absolute Gasteiger partial charge is 0.495 e. The van der Waals surface area contributed by atoms with Gasteiger partial charge >= 0.3 is 0 Å². The molecule has 6 heteroatoms. The Morgan fingerprint density at radius 1 is 1.10 bits per heavy atom. The molecule has 2 N–H and O–H groups in total. The van der Waals surface area contributed by atoms with Crippen LogP contribution in [0.25, 0.3) is 0 Å². The van der Waals surface area contributed by atoms with Crippen molar-refractivity contribution >= 4 is 46.3 Å². The molecule has 0 heterocycles. The zero-order chi connectivity index (χ0) is 14.9. The predicted octanol–water partition coefficient (Wildman–Crippen LogP) is 4.47. The van der Waals surface area contributed by atoms with E-state index in [4.69, 9.17) is 45.3 Å². The van der Waals surface area contributed by atoms with Gasteiger partial charge in [0.05, 0.1) is 27.7 Å². The van der Waals surface area contributed by atoms with Gasteiger partial charge < -0.3 is 10.5 Å². The lowest BCUT2D eigenvalue weighted by Crippen LogP contribution is -2.07. The van der Waals surface area contributed by atoms with E-state index in [1.165, 1.54) is 19.2 Å². The van der Waals surface area contributed by atoms with Gasteiger partial charge in [-0.05, 0) is 18.2 Å². The molecular weight excluding hydrogens is 321 g/mol. The number of benzene rings is 2. The number of nitrogen functional groups attached to an aromatic ring is 1. The molecule has 0 bridgehead atoms. The molecule has 2 aromatic carbocycles. The lowest BCUT2D eigenvalue weighted by Gasteiger charge is -2.10. The molecule has 2 rings (SSSR count). The topological polar surface area (TPSA) is 52.3 Å². The Labute approximate surface area is 131 Å². The second-order valence-corrected chi connectivity index (χ2v) is 5.22. The predicted molar refractivity (Wildman–Crippen MR) is 82.3 cm³/mol. The van der Waals surface area contributed by atoms with Gasteiger partial charge in [-0.15, -0.1) is 0 Å². The van der Waals surface area contributed by atoms with E-state index in [9.17, 15) is 4.79 Å². The van der Waals surface area contributed by atoms with Crippen LogP contribution in [0.2, 0.25) is 15.1 Å². The lowest BCUT2D eigenvalue weighted by atomic mass is 10.0. The summed E-state index contributed by atoms with van der Waals surface area (Å²) in [5.74, 6) is 0.00278. The first-order chi connectivity index (χ1) is 9.45. The first-order valence-corrected chi connectivity index (χ1v) is 6.70. The van der Waals surface area contributed by atoms with E-state index in [0.717, 1.165) is 0 Å². The van der Waals surface area contributed by atoms with E-state index >= 15 is 0 Å². The van der Waals surface area contributed by atoms with Crippen LogP contribution in [0.4, 0.5) is 5.69 Å². The van der Waals surface area contributed by atoms with Crippen molar-refractivity contribution in [3.8, 4) is 5.75 Å². The molecule has 20 heavy (non-hydrogen) atoms. The van der Waals surface area contributed by atoms with Crippen molar-refractivity contribution in [1.82, 2.24) is 0 Å². The summed E-state index contributed by atoms with van der Waals surface area (Å²) in [6, 6.07) is 7.76. The number of anilines is 1. The zero-order valence-corrected chi connectivity index (χ0v) is 12.7. The van der Waals surface area contributed by atoms with Gasteiger partial charge in [-0.25, -0.2) is 0 Å². The van der Waals surface area contributed by atoms with Crippen molar-refractivity contribution in [2.24, 2.45) is 0 Å². The van der Waals surface area contributed by atoms with Gasteiger partial charge in [-0.1, -0.05) is 40.9 Å². The summed E-state index contributed by atoms with van der Waals surface area (Å²) in [6.45, 7) is 0. The summed E-state index contributed by atoms with van der Waals surface area (Å²) in [5, 5.41) is 0.763. The Hall–Kier alpha value is -1.42. The van der Waals surface area contributed by atoms with Crippen LogP contribution in [-0.4, -0.2) is 12.9 Å². The number of rotatable bonds is 3. The molecule has 0 atom stereocenters. The molecule has 0 radical (unpaired) electrons. The second-order valence-electron chi connectivity index (χ2n) is 4.00. The number of hydrogen-bond donors (Lipinski definition) is 1. The molecule has 0 saturated carbocycles. The van der Waals surface area contributed by atoms with Crippen LogP contribution < -0.4 is 10.5 Å². The maximum Gasteiger partial charge on any atom is 0.198 e. The van der Waals surface area contributed by atoms with Crippen LogP contribution in [0.15, 0.2) is 30.3 Å². The highest BCUT2D eigenvalue weighted by Crippen LogP contribution is 2.34. The summed E-state index contributed by atoms with van der Waals surface area (Å²) in [7, 11) is 1.46. The molecule has 2 aromatic rings. The normalized spacial score (nSPS) is 10.4. The summed E-state index contributed by atoms with van der Waals surface area (Å²) in [6.07, 6.45) is 0. The first kappa shape index (κ1) is 15.0. The highest BCUT2D eigenvalue weighted by molar-refractivity contribution is 6.40. The number of hydrogen-bond acceptors (Lipinski definition) is 3. The third kappa shape index (κ3) is 2.70. The highest BCUT2D eigenvalue weighted by atomic mass is 35.5. The molecular formula is C14H10Cl3NO2. The van der Waals surface area contributed by atoms with Crippen molar-refractivity contribution in [2.75, 3.05) is 12.8 Å². The minimum Gasteiger partial charge on any atom is -0.495 e. The minimum absolute atomic E-state index is 0.206. The van der Waals surface area contributed by atoms with Crippen molar-refractivity contribution in [2.45, 2.75) is 0 Å². The minimum atomic E-state index is -0.386. The maximum atomic E-state index is 12.5. The molecule has 0 aliphatic rings. The Kier molecular flexibility index (Phi) is 4.43. The highest BCUT2D eigenvalue weighted by Gasteiger charge is 2.20. The number of halogens is 3. The van der Waals surface area contributed by atoms with E-state index in [0.29, 0.717) is 5.75 Å². The van der Waals surface area contributed by atoms with Crippen LogP contribution in [-0.2, 0) is 0 Å². The average Bonchev–Trinajstić information content (AvgIpc) is 2.40. The molecule has 0 aromatic heterocycles. The third-order valence-corrected chi connectivity index (χ3v) is 3.68. The Morgan fingerprint density at radius 2 is 1.80 bits per heavy atom. The van der Waals surface area contributed by atoms with Crippen molar-refractivity contribution in [3.63, 3.8) is 0 Å². The Morgan fingerprint density at radius 3 is 2.40 bits per heavy atom. The fourth-order valence-electron chi connectivity index (χ4n) is 1.77. The molecule has 0 spiro atoms. The molecule has 0 aliphatic heterocycles. The van der Waals surface area contributed by atoms with Gasteiger partial charge in [0, 0.05) is 17.3 Å². The van der Waals surface area contributed by atoms with Crippen molar-refractivity contribution < 1.29 is 9.53 Å². The monoisotopic (exact) mass is 329 g/mol. The first-order valence-electron chi connectivity index (χ1n) is 5.57. The van der Waals surface area contributed by atoms with Gasteiger partial charge in [0.25, 0.3) is 0 Å². The van der Waals surface area contributed by atoms with E-state index in [1.54, 1.807) is 18.2 Å². The smallest absolute Gasteiger partial charge is 0.198 e. The van der Waals surface area contributed by atoms with Gasteiger partial charge in [-0.3, -0.25) is 4.79 Å². The number of ketones is 1. The molecule has 0 amide bonds. The van der Waals surface area contributed by atoms with Crippen LogP contribution in [0.1, 0.15) is 15.9 Å². The van der Waals surface area contributed by atoms with Crippen LogP contribution in [0.5, 0.6) is 5.75 Å².